The van der Waals surface area contributed by atoms with Gasteiger partial charge in [0.2, 0.25) is 0 Å². The van der Waals surface area contributed by atoms with Crippen LogP contribution in [-0.2, 0) is 4.74 Å². The SMILES string of the molecule is CC(=S)OC1CC2CC[C@@H](C1)N2C. The van der Waals surface area contributed by atoms with Crippen LogP contribution < -0.4 is 0 Å². The van der Waals surface area contributed by atoms with Crippen LogP contribution in [0.15, 0.2) is 0 Å². The summed E-state index contributed by atoms with van der Waals surface area (Å²) in [5.74, 6) is 0. The number of thiocarbonyl (C=S) groups is 1. The van der Waals surface area contributed by atoms with Crippen LogP contribution in [-0.4, -0.2) is 35.2 Å². The molecule has 2 aliphatic heterocycles. The lowest BCUT2D eigenvalue weighted by molar-refractivity contribution is 0.0606. The molecular formula is C10H17NOS. The second-order valence-electron chi connectivity index (χ2n) is 4.25. The van der Waals surface area contributed by atoms with Crippen LogP contribution in [0.5, 0.6) is 0 Å². The number of hydrogen-bond donors (Lipinski definition) is 0. The van der Waals surface area contributed by atoms with Gasteiger partial charge < -0.3 is 9.64 Å². The fourth-order valence-corrected chi connectivity index (χ4v) is 2.83. The Bertz CT molecular complexity index is 205. The van der Waals surface area contributed by atoms with Crippen LogP contribution in [0.2, 0.25) is 0 Å². The van der Waals surface area contributed by atoms with Crippen molar-refractivity contribution in [1.82, 2.24) is 4.90 Å². The predicted octanol–water partition coefficient (Wildman–Crippen LogP) is 1.98. The van der Waals surface area contributed by atoms with E-state index in [0.717, 1.165) is 12.1 Å². The van der Waals surface area contributed by atoms with Gasteiger partial charge in [-0.1, -0.05) is 0 Å². The third kappa shape index (κ3) is 1.86. The lowest BCUT2D eigenvalue weighted by atomic mass is 10.0. The first-order valence-corrected chi connectivity index (χ1v) is 5.47. The topological polar surface area (TPSA) is 12.5 Å². The fraction of sp³-hybridized carbons (Fsp3) is 0.900. The molecule has 2 heterocycles. The number of piperidine rings is 1. The zero-order valence-corrected chi connectivity index (χ0v) is 9.14. The largest absolute Gasteiger partial charge is 0.484 e. The normalized spacial score (nSPS) is 39.1. The monoisotopic (exact) mass is 199 g/mol. The van der Waals surface area contributed by atoms with Gasteiger partial charge in [-0.25, -0.2) is 0 Å². The molecule has 0 aromatic carbocycles. The van der Waals surface area contributed by atoms with Crippen molar-refractivity contribution in [2.45, 2.75) is 50.8 Å². The lowest BCUT2D eigenvalue weighted by Crippen LogP contribution is -2.43. The van der Waals surface area contributed by atoms with E-state index in [-0.39, 0.29) is 0 Å². The average Bonchev–Trinajstić information content (AvgIpc) is 2.33. The molecule has 0 aromatic rings. The minimum absolute atomic E-state index is 0.395. The molecule has 0 aliphatic carbocycles. The Morgan fingerprint density at radius 1 is 1.31 bits per heavy atom. The molecule has 0 N–H and O–H groups in total. The Kier molecular flexibility index (Phi) is 2.56. The van der Waals surface area contributed by atoms with Gasteiger partial charge in [0, 0.05) is 19.0 Å². The van der Waals surface area contributed by atoms with Crippen molar-refractivity contribution in [2.24, 2.45) is 0 Å². The molecule has 2 nitrogen and oxygen atoms in total. The highest BCUT2D eigenvalue weighted by Gasteiger charge is 2.39. The maximum atomic E-state index is 5.63. The molecule has 0 spiro atoms. The molecular weight excluding hydrogens is 182 g/mol. The second kappa shape index (κ2) is 3.54. The number of hydrogen-bond acceptors (Lipinski definition) is 3. The van der Waals surface area contributed by atoms with E-state index in [4.69, 9.17) is 17.0 Å². The zero-order valence-electron chi connectivity index (χ0n) is 8.32. The van der Waals surface area contributed by atoms with Gasteiger partial charge in [-0.05, 0) is 44.9 Å². The number of ether oxygens (including phenoxy) is 1. The first-order valence-electron chi connectivity index (χ1n) is 5.06. The van der Waals surface area contributed by atoms with Crippen LogP contribution in [0.25, 0.3) is 0 Å². The molecule has 2 aliphatic rings. The Hall–Kier alpha value is -0.150. The predicted molar refractivity (Wildman–Crippen MR) is 57.0 cm³/mol. The third-order valence-corrected chi connectivity index (χ3v) is 3.48. The Labute approximate surface area is 85.2 Å². The van der Waals surface area contributed by atoms with E-state index in [9.17, 15) is 0 Å². The molecule has 74 valence electrons. The summed E-state index contributed by atoms with van der Waals surface area (Å²) in [5.41, 5.74) is 0. The minimum atomic E-state index is 0.395. The zero-order chi connectivity index (χ0) is 9.42. The van der Waals surface area contributed by atoms with Crippen molar-refractivity contribution < 1.29 is 4.74 Å². The summed E-state index contributed by atoms with van der Waals surface area (Å²) >= 11 is 4.97. The van der Waals surface area contributed by atoms with Crippen LogP contribution in [0.3, 0.4) is 0 Å². The van der Waals surface area contributed by atoms with Gasteiger partial charge in [0.15, 0.2) is 5.05 Å². The maximum absolute atomic E-state index is 5.63. The molecule has 2 saturated heterocycles. The minimum Gasteiger partial charge on any atom is -0.484 e. The highest BCUT2D eigenvalue weighted by Crippen LogP contribution is 2.35. The van der Waals surface area contributed by atoms with Crippen molar-refractivity contribution in [3.63, 3.8) is 0 Å². The summed E-state index contributed by atoms with van der Waals surface area (Å²) in [6.07, 6.45) is 5.42. The van der Waals surface area contributed by atoms with E-state index >= 15 is 0 Å². The summed E-state index contributed by atoms with van der Waals surface area (Å²) in [4.78, 5) is 2.51. The van der Waals surface area contributed by atoms with Crippen molar-refractivity contribution in [3.8, 4) is 0 Å². The van der Waals surface area contributed by atoms with Crippen molar-refractivity contribution >= 4 is 17.3 Å². The van der Waals surface area contributed by atoms with Crippen LogP contribution >= 0.6 is 12.2 Å². The van der Waals surface area contributed by atoms with Gasteiger partial charge in [-0.3, -0.25) is 0 Å². The third-order valence-electron chi connectivity index (χ3n) is 3.39. The average molecular weight is 199 g/mol. The highest BCUT2D eigenvalue weighted by atomic mass is 32.1. The van der Waals surface area contributed by atoms with Crippen molar-refractivity contribution in [3.05, 3.63) is 0 Å². The maximum Gasteiger partial charge on any atom is 0.157 e. The first-order chi connectivity index (χ1) is 6.16. The van der Waals surface area contributed by atoms with E-state index < -0.39 is 0 Å². The number of rotatable bonds is 1. The molecule has 3 atom stereocenters. The molecule has 13 heavy (non-hydrogen) atoms. The molecule has 0 amide bonds. The highest BCUT2D eigenvalue weighted by molar-refractivity contribution is 7.80. The smallest absolute Gasteiger partial charge is 0.157 e. The van der Waals surface area contributed by atoms with E-state index in [0.29, 0.717) is 11.2 Å². The molecule has 3 heteroatoms. The number of fused-ring (bicyclic) bond motifs is 2. The second-order valence-corrected chi connectivity index (χ2v) is 4.83. The van der Waals surface area contributed by atoms with E-state index in [1.54, 1.807) is 0 Å². The molecule has 2 fully saturated rings. The summed E-state index contributed by atoms with van der Waals surface area (Å²) in [5, 5.41) is 0.703. The van der Waals surface area contributed by atoms with Gasteiger partial charge in [0.05, 0.1) is 0 Å². The molecule has 2 rings (SSSR count). The summed E-state index contributed by atoms with van der Waals surface area (Å²) in [6.45, 7) is 1.87. The molecule has 0 aromatic heterocycles. The summed E-state index contributed by atoms with van der Waals surface area (Å²) in [7, 11) is 2.24. The van der Waals surface area contributed by atoms with E-state index in [1.165, 1.54) is 25.7 Å². The van der Waals surface area contributed by atoms with Gasteiger partial charge in [-0.2, -0.15) is 0 Å². The lowest BCUT2D eigenvalue weighted by Gasteiger charge is -2.36. The molecule has 0 saturated carbocycles. The summed E-state index contributed by atoms with van der Waals surface area (Å²) < 4.78 is 5.63. The quantitative estimate of drug-likeness (QED) is 0.599. The van der Waals surface area contributed by atoms with Crippen LogP contribution in [0.1, 0.15) is 32.6 Å². The standard InChI is InChI=1S/C10H17NOS/c1-7(13)12-10-5-8-3-4-9(6-10)11(8)2/h8-10H,3-6H2,1-2H3/t8-,9?,10?/m0/s1. The van der Waals surface area contributed by atoms with Gasteiger partial charge in [-0.15, -0.1) is 0 Å². The summed E-state index contributed by atoms with van der Waals surface area (Å²) in [6, 6.07) is 1.50. The first kappa shape index (κ1) is 9.41. The van der Waals surface area contributed by atoms with Crippen molar-refractivity contribution in [2.75, 3.05) is 7.05 Å². The molecule has 2 bridgehead atoms. The van der Waals surface area contributed by atoms with E-state index in [1.807, 2.05) is 6.92 Å². The molecule has 0 radical (unpaired) electrons. The fourth-order valence-electron chi connectivity index (χ4n) is 2.69. The molecule has 2 unspecified atom stereocenters. The van der Waals surface area contributed by atoms with E-state index in [2.05, 4.69) is 11.9 Å². The van der Waals surface area contributed by atoms with Crippen LogP contribution in [0, 0.1) is 0 Å². The van der Waals surface area contributed by atoms with Crippen molar-refractivity contribution in [1.29, 1.82) is 0 Å². The van der Waals surface area contributed by atoms with Gasteiger partial charge in [0.25, 0.3) is 0 Å². The Morgan fingerprint density at radius 2 is 1.85 bits per heavy atom. The Morgan fingerprint density at radius 3 is 2.31 bits per heavy atom. The Balaban J connectivity index is 1.95. The van der Waals surface area contributed by atoms with Gasteiger partial charge in [0.1, 0.15) is 6.10 Å². The number of nitrogens with zero attached hydrogens (tertiary/aromatic N) is 1. The van der Waals surface area contributed by atoms with Crippen LogP contribution in [0.4, 0.5) is 0 Å². The van der Waals surface area contributed by atoms with Gasteiger partial charge >= 0.3 is 0 Å².